The maximum Gasteiger partial charge on any atom is 0.338 e. The zero-order valence-corrected chi connectivity index (χ0v) is 15.1. The lowest BCUT2D eigenvalue weighted by Crippen LogP contribution is -2.31. The second-order valence-corrected chi connectivity index (χ2v) is 6.89. The van der Waals surface area contributed by atoms with Crippen molar-refractivity contribution in [2.45, 2.75) is 12.5 Å². The van der Waals surface area contributed by atoms with Gasteiger partial charge in [-0.15, -0.1) is 11.3 Å². The molecule has 27 heavy (non-hydrogen) atoms. The van der Waals surface area contributed by atoms with Gasteiger partial charge in [-0.05, 0) is 35.7 Å². The molecule has 0 saturated heterocycles. The zero-order valence-electron chi connectivity index (χ0n) is 14.3. The monoisotopic (exact) mass is 380 g/mol. The van der Waals surface area contributed by atoms with Gasteiger partial charge in [0.2, 0.25) is 0 Å². The molecular formula is C20H16N2O4S. The van der Waals surface area contributed by atoms with Crippen LogP contribution in [0.2, 0.25) is 0 Å². The van der Waals surface area contributed by atoms with E-state index in [4.69, 9.17) is 9.15 Å². The highest BCUT2D eigenvalue weighted by Crippen LogP contribution is 2.34. The molecule has 2 aromatic heterocycles. The van der Waals surface area contributed by atoms with E-state index in [1.807, 2.05) is 23.6 Å². The van der Waals surface area contributed by atoms with Crippen molar-refractivity contribution in [2.24, 2.45) is 5.10 Å². The quantitative estimate of drug-likeness (QED) is 0.630. The van der Waals surface area contributed by atoms with Crippen LogP contribution in [-0.4, -0.2) is 29.2 Å². The van der Waals surface area contributed by atoms with Crippen LogP contribution in [-0.2, 0) is 9.53 Å². The number of furan rings is 1. The standard InChI is InChI=1S/C20H16N2O4S/c23-19(13-26-20(24)14-6-2-1-3-7-14)22-16(17-8-4-10-25-17)12-15(21-22)18-9-5-11-27-18/h1-11,16H,12-13H2. The third-order valence-corrected chi connectivity index (χ3v) is 5.10. The molecule has 0 bridgehead atoms. The normalized spacial score (nSPS) is 16.2. The number of thiophene rings is 1. The van der Waals surface area contributed by atoms with Crippen LogP contribution >= 0.6 is 11.3 Å². The van der Waals surface area contributed by atoms with Crippen LogP contribution in [0.4, 0.5) is 0 Å². The fraction of sp³-hybridized carbons (Fsp3) is 0.150. The average Bonchev–Trinajstić information content (AvgIpc) is 3.46. The molecule has 0 aliphatic carbocycles. The van der Waals surface area contributed by atoms with E-state index in [1.54, 1.807) is 54.0 Å². The van der Waals surface area contributed by atoms with Gasteiger partial charge in [0.25, 0.3) is 5.91 Å². The van der Waals surface area contributed by atoms with E-state index in [0.29, 0.717) is 17.7 Å². The van der Waals surface area contributed by atoms with Gasteiger partial charge in [-0.25, -0.2) is 9.80 Å². The van der Waals surface area contributed by atoms with Gasteiger partial charge in [0.05, 0.1) is 22.4 Å². The Morgan fingerprint density at radius 2 is 2.00 bits per heavy atom. The van der Waals surface area contributed by atoms with Crippen LogP contribution in [0.1, 0.15) is 33.5 Å². The van der Waals surface area contributed by atoms with Crippen LogP contribution < -0.4 is 0 Å². The van der Waals surface area contributed by atoms with E-state index < -0.39 is 11.9 Å². The summed E-state index contributed by atoms with van der Waals surface area (Å²) in [7, 11) is 0. The molecule has 1 aliphatic rings. The molecule has 3 aromatic rings. The van der Waals surface area contributed by atoms with E-state index >= 15 is 0 Å². The maximum atomic E-state index is 12.7. The highest BCUT2D eigenvalue weighted by atomic mass is 32.1. The van der Waals surface area contributed by atoms with Crippen LogP contribution in [0.15, 0.2) is 75.8 Å². The summed E-state index contributed by atoms with van der Waals surface area (Å²) in [5, 5.41) is 7.80. The van der Waals surface area contributed by atoms with Gasteiger partial charge in [0.1, 0.15) is 11.8 Å². The van der Waals surface area contributed by atoms with Crippen LogP contribution in [0, 0.1) is 0 Å². The van der Waals surface area contributed by atoms with Crippen molar-refractivity contribution in [3.63, 3.8) is 0 Å². The smallest absolute Gasteiger partial charge is 0.338 e. The molecule has 0 spiro atoms. The van der Waals surface area contributed by atoms with Gasteiger partial charge in [-0.1, -0.05) is 24.3 Å². The second kappa shape index (κ2) is 7.59. The first-order valence-corrected chi connectivity index (χ1v) is 9.29. The molecule has 1 amide bonds. The van der Waals surface area contributed by atoms with Crippen molar-refractivity contribution in [1.82, 2.24) is 5.01 Å². The molecule has 4 rings (SSSR count). The van der Waals surface area contributed by atoms with Gasteiger partial charge in [0.15, 0.2) is 6.61 Å². The number of carbonyl (C=O) groups excluding carboxylic acids is 2. The fourth-order valence-corrected chi connectivity index (χ4v) is 3.61. The Bertz CT molecular complexity index is 949. The molecule has 3 heterocycles. The number of carbonyl (C=O) groups is 2. The number of hydrazone groups is 1. The van der Waals surface area contributed by atoms with Gasteiger partial charge in [-0.2, -0.15) is 5.10 Å². The van der Waals surface area contributed by atoms with E-state index in [1.165, 1.54) is 5.01 Å². The third kappa shape index (κ3) is 3.68. The van der Waals surface area contributed by atoms with Crippen LogP contribution in [0.25, 0.3) is 0 Å². The predicted octanol–water partition coefficient (Wildman–Crippen LogP) is 3.88. The SMILES string of the molecule is O=C(OCC(=O)N1N=C(c2cccs2)CC1c1ccco1)c1ccccc1. The van der Waals surface area contributed by atoms with Gasteiger partial charge in [-0.3, -0.25) is 4.79 Å². The molecule has 0 saturated carbocycles. The minimum Gasteiger partial charge on any atom is -0.467 e. The maximum absolute atomic E-state index is 12.7. The third-order valence-electron chi connectivity index (χ3n) is 4.18. The van der Waals surface area contributed by atoms with Crippen LogP contribution in [0.3, 0.4) is 0 Å². The number of rotatable bonds is 5. The first-order chi connectivity index (χ1) is 13.2. The molecule has 1 unspecified atom stereocenters. The van der Waals surface area contributed by atoms with Gasteiger partial charge in [0, 0.05) is 6.42 Å². The minimum atomic E-state index is -0.542. The predicted molar refractivity (Wildman–Crippen MR) is 100 cm³/mol. The fourth-order valence-electron chi connectivity index (χ4n) is 2.89. The molecular weight excluding hydrogens is 364 g/mol. The molecule has 1 aromatic carbocycles. The summed E-state index contributed by atoms with van der Waals surface area (Å²) < 4.78 is 10.7. The van der Waals surface area contributed by atoms with Crippen molar-refractivity contribution < 1.29 is 18.7 Å². The Balaban J connectivity index is 1.50. The molecule has 6 nitrogen and oxygen atoms in total. The number of hydrogen-bond donors (Lipinski definition) is 0. The van der Waals surface area contributed by atoms with Crippen LogP contribution in [0.5, 0.6) is 0 Å². The van der Waals surface area contributed by atoms with Gasteiger partial charge < -0.3 is 9.15 Å². The lowest BCUT2D eigenvalue weighted by atomic mass is 10.1. The second-order valence-electron chi connectivity index (χ2n) is 5.94. The average molecular weight is 380 g/mol. The minimum absolute atomic E-state index is 0.347. The molecule has 7 heteroatoms. The summed E-state index contributed by atoms with van der Waals surface area (Å²) in [6.45, 7) is -0.383. The molecule has 136 valence electrons. The van der Waals surface area contributed by atoms with Crippen molar-refractivity contribution in [3.8, 4) is 0 Å². The first kappa shape index (κ1) is 17.2. The highest BCUT2D eigenvalue weighted by molar-refractivity contribution is 7.12. The summed E-state index contributed by atoms with van der Waals surface area (Å²) in [5.41, 5.74) is 1.21. The molecule has 0 fully saturated rings. The first-order valence-electron chi connectivity index (χ1n) is 8.41. The Hall–Kier alpha value is -3.19. The summed E-state index contributed by atoms with van der Waals surface area (Å²) in [6.07, 6.45) is 2.11. The summed E-state index contributed by atoms with van der Waals surface area (Å²) >= 11 is 1.56. The molecule has 0 radical (unpaired) electrons. The molecule has 1 atom stereocenters. The zero-order chi connectivity index (χ0) is 18.6. The summed E-state index contributed by atoms with van der Waals surface area (Å²) in [6, 6.07) is 15.7. The largest absolute Gasteiger partial charge is 0.467 e. The number of esters is 1. The molecule has 1 aliphatic heterocycles. The molecule has 0 N–H and O–H groups in total. The van der Waals surface area contributed by atoms with E-state index in [2.05, 4.69) is 5.10 Å². The number of amides is 1. The summed E-state index contributed by atoms with van der Waals surface area (Å²) in [4.78, 5) is 25.8. The van der Waals surface area contributed by atoms with Crippen molar-refractivity contribution >= 4 is 28.9 Å². The Kier molecular flexibility index (Phi) is 4.84. The number of ether oxygens (including phenoxy) is 1. The van der Waals surface area contributed by atoms with Crippen molar-refractivity contribution in [3.05, 3.63) is 82.4 Å². The van der Waals surface area contributed by atoms with Gasteiger partial charge >= 0.3 is 5.97 Å². The lowest BCUT2D eigenvalue weighted by Gasteiger charge is -2.19. The van der Waals surface area contributed by atoms with Crippen molar-refractivity contribution in [1.29, 1.82) is 0 Å². The van der Waals surface area contributed by atoms with E-state index in [0.717, 1.165) is 10.6 Å². The summed E-state index contributed by atoms with van der Waals surface area (Å²) in [5.74, 6) is -0.291. The lowest BCUT2D eigenvalue weighted by molar-refractivity contribution is -0.136. The van der Waals surface area contributed by atoms with E-state index in [9.17, 15) is 9.59 Å². The Morgan fingerprint density at radius 3 is 2.70 bits per heavy atom. The number of nitrogens with zero attached hydrogens (tertiary/aromatic N) is 2. The topological polar surface area (TPSA) is 72.1 Å². The van der Waals surface area contributed by atoms with Crippen molar-refractivity contribution in [2.75, 3.05) is 6.61 Å². The highest BCUT2D eigenvalue weighted by Gasteiger charge is 2.35. The van der Waals surface area contributed by atoms with E-state index in [-0.39, 0.29) is 12.6 Å². The Labute approximate surface area is 159 Å². The number of benzene rings is 1. The Morgan fingerprint density at radius 1 is 1.15 bits per heavy atom. The number of hydrogen-bond acceptors (Lipinski definition) is 6.